The summed E-state index contributed by atoms with van der Waals surface area (Å²) in [5, 5.41) is 9.80. The minimum atomic E-state index is -0.968. The van der Waals surface area contributed by atoms with Gasteiger partial charge in [-0.3, -0.25) is 9.59 Å². The highest BCUT2D eigenvalue weighted by molar-refractivity contribution is 6.30. The van der Waals surface area contributed by atoms with Gasteiger partial charge in [0, 0.05) is 30.2 Å². The highest BCUT2D eigenvalue weighted by Gasteiger charge is 2.47. The first-order valence-electron chi connectivity index (χ1n) is 7.91. The van der Waals surface area contributed by atoms with Crippen molar-refractivity contribution in [3.05, 3.63) is 34.9 Å². The molecule has 1 amide bonds. The zero-order chi connectivity index (χ0) is 16.4. The highest BCUT2D eigenvalue weighted by Crippen LogP contribution is 2.49. The van der Waals surface area contributed by atoms with Gasteiger partial charge >= 0.3 is 5.97 Å². The number of carbonyl (C=O) groups excluding carboxylic acids is 1. The van der Waals surface area contributed by atoms with Gasteiger partial charge in [0.05, 0.1) is 0 Å². The van der Waals surface area contributed by atoms with E-state index in [-0.39, 0.29) is 30.3 Å². The van der Waals surface area contributed by atoms with Gasteiger partial charge in [0.1, 0.15) is 6.54 Å². The predicted octanol–water partition coefficient (Wildman–Crippen LogP) is 2.54. The molecule has 124 valence electrons. The van der Waals surface area contributed by atoms with Crippen molar-refractivity contribution in [2.24, 2.45) is 5.92 Å². The summed E-state index contributed by atoms with van der Waals surface area (Å²) in [4.78, 5) is 25.5. The predicted molar refractivity (Wildman–Crippen MR) is 85.5 cm³/mol. The highest BCUT2D eigenvalue weighted by atomic mass is 35.5. The Labute approximate surface area is 140 Å². The van der Waals surface area contributed by atoms with Crippen molar-refractivity contribution in [2.45, 2.75) is 31.2 Å². The maximum atomic E-state index is 12.8. The minimum Gasteiger partial charge on any atom is -0.480 e. The Bertz CT molecular complexity index is 600. The summed E-state index contributed by atoms with van der Waals surface area (Å²) in [5.74, 6) is -0.998. The maximum Gasteiger partial charge on any atom is 0.323 e. The van der Waals surface area contributed by atoms with E-state index in [1.807, 2.05) is 24.3 Å². The molecule has 1 saturated carbocycles. The number of carboxylic acid groups (broad SMARTS) is 1. The molecule has 1 saturated heterocycles. The Hall–Kier alpha value is -1.59. The first-order valence-corrected chi connectivity index (χ1v) is 8.29. The van der Waals surface area contributed by atoms with Crippen LogP contribution in [0.3, 0.4) is 0 Å². The van der Waals surface area contributed by atoms with Gasteiger partial charge in [-0.2, -0.15) is 0 Å². The largest absolute Gasteiger partial charge is 0.480 e. The molecule has 2 fully saturated rings. The van der Waals surface area contributed by atoms with Crippen molar-refractivity contribution in [3.8, 4) is 0 Å². The molecule has 1 aliphatic heterocycles. The van der Waals surface area contributed by atoms with E-state index < -0.39 is 5.97 Å². The Morgan fingerprint density at radius 1 is 1.30 bits per heavy atom. The Balaban J connectivity index is 1.70. The molecule has 1 N–H and O–H groups in total. The molecule has 1 aliphatic carbocycles. The van der Waals surface area contributed by atoms with Gasteiger partial charge in [0.15, 0.2) is 0 Å². The van der Waals surface area contributed by atoms with E-state index >= 15 is 0 Å². The van der Waals surface area contributed by atoms with E-state index in [4.69, 9.17) is 21.4 Å². The lowest BCUT2D eigenvalue weighted by Crippen LogP contribution is -2.46. The summed E-state index contributed by atoms with van der Waals surface area (Å²) in [7, 11) is 0. The Morgan fingerprint density at radius 3 is 2.70 bits per heavy atom. The average Bonchev–Trinajstić information content (AvgIpc) is 3.33. The van der Waals surface area contributed by atoms with Crippen LogP contribution in [0.4, 0.5) is 0 Å². The van der Waals surface area contributed by atoms with Gasteiger partial charge in [-0.15, -0.1) is 0 Å². The quantitative estimate of drug-likeness (QED) is 0.896. The number of amides is 1. The lowest BCUT2D eigenvalue weighted by Gasteiger charge is -2.33. The molecule has 1 aromatic rings. The molecule has 23 heavy (non-hydrogen) atoms. The van der Waals surface area contributed by atoms with Crippen LogP contribution in [0.1, 0.15) is 30.7 Å². The fourth-order valence-corrected chi connectivity index (χ4v) is 3.51. The molecule has 6 heteroatoms. The molecule has 2 aliphatic rings. The third-order valence-electron chi connectivity index (χ3n) is 4.60. The number of halogens is 1. The van der Waals surface area contributed by atoms with Crippen molar-refractivity contribution >= 4 is 23.5 Å². The van der Waals surface area contributed by atoms with Gasteiger partial charge in [-0.05, 0) is 42.9 Å². The second-order valence-corrected chi connectivity index (χ2v) is 6.64. The summed E-state index contributed by atoms with van der Waals surface area (Å²) in [6.07, 6.45) is 2.17. The van der Waals surface area contributed by atoms with Gasteiger partial charge in [-0.25, -0.2) is 0 Å². The van der Waals surface area contributed by atoms with E-state index in [1.54, 1.807) is 4.90 Å². The van der Waals surface area contributed by atoms with Crippen molar-refractivity contribution in [3.63, 3.8) is 0 Å². The van der Waals surface area contributed by atoms with Gasteiger partial charge in [0.2, 0.25) is 5.91 Å². The van der Waals surface area contributed by atoms with Crippen LogP contribution < -0.4 is 0 Å². The molecular formula is C17H20ClNO4. The van der Waals surface area contributed by atoms with Crippen LogP contribution in [-0.2, 0) is 14.3 Å². The number of nitrogens with zero attached hydrogens (tertiary/aromatic N) is 1. The number of aliphatic carboxylic acids is 1. The summed E-state index contributed by atoms with van der Waals surface area (Å²) in [6, 6.07) is 7.51. The molecule has 0 bridgehead atoms. The third-order valence-corrected chi connectivity index (χ3v) is 4.84. The molecular weight excluding hydrogens is 318 g/mol. The van der Waals surface area contributed by atoms with Gasteiger partial charge in [0.25, 0.3) is 0 Å². The molecule has 0 spiro atoms. The smallest absolute Gasteiger partial charge is 0.323 e. The summed E-state index contributed by atoms with van der Waals surface area (Å²) >= 11 is 6.01. The summed E-state index contributed by atoms with van der Waals surface area (Å²) < 4.78 is 5.31. The average molecular weight is 338 g/mol. The fourth-order valence-electron chi connectivity index (χ4n) is 3.32. The SMILES string of the molecule is O=C(O)CN(C(=O)[C@H]1C[C@H]1c1cccc(Cl)c1)C1CCOCC1. The molecule has 0 unspecified atom stereocenters. The Morgan fingerprint density at radius 2 is 2.04 bits per heavy atom. The lowest BCUT2D eigenvalue weighted by atomic mass is 10.0. The fraction of sp³-hybridized carbons (Fsp3) is 0.529. The van der Waals surface area contributed by atoms with Crippen LogP contribution in [0.25, 0.3) is 0 Å². The van der Waals surface area contributed by atoms with Crippen molar-refractivity contribution < 1.29 is 19.4 Å². The molecule has 0 radical (unpaired) electrons. The first-order chi connectivity index (χ1) is 11.1. The van der Waals surface area contributed by atoms with E-state index in [0.29, 0.717) is 31.1 Å². The molecule has 2 atom stereocenters. The second-order valence-electron chi connectivity index (χ2n) is 6.21. The summed E-state index contributed by atoms with van der Waals surface area (Å²) in [5.41, 5.74) is 1.05. The number of hydrogen-bond donors (Lipinski definition) is 1. The lowest BCUT2D eigenvalue weighted by molar-refractivity contribution is -0.148. The van der Waals surface area contributed by atoms with Crippen LogP contribution in [0.5, 0.6) is 0 Å². The van der Waals surface area contributed by atoms with Crippen LogP contribution in [0, 0.1) is 5.92 Å². The monoisotopic (exact) mass is 337 g/mol. The van der Waals surface area contributed by atoms with Crippen molar-refractivity contribution in [1.29, 1.82) is 0 Å². The zero-order valence-electron chi connectivity index (χ0n) is 12.8. The van der Waals surface area contributed by atoms with Gasteiger partial charge < -0.3 is 14.7 Å². The van der Waals surface area contributed by atoms with Crippen LogP contribution in [-0.4, -0.2) is 47.7 Å². The van der Waals surface area contributed by atoms with E-state index in [0.717, 1.165) is 12.0 Å². The third kappa shape index (κ3) is 3.85. The van der Waals surface area contributed by atoms with Gasteiger partial charge in [-0.1, -0.05) is 23.7 Å². The van der Waals surface area contributed by atoms with Crippen LogP contribution in [0.2, 0.25) is 5.02 Å². The molecule has 0 aromatic heterocycles. The minimum absolute atomic E-state index is 0.0343. The molecule has 5 nitrogen and oxygen atoms in total. The number of hydrogen-bond acceptors (Lipinski definition) is 3. The van der Waals surface area contributed by atoms with Crippen LogP contribution in [0.15, 0.2) is 24.3 Å². The Kier molecular flexibility index (Phi) is 4.87. The second kappa shape index (κ2) is 6.89. The van der Waals surface area contributed by atoms with Crippen LogP contribution >= 0.6 is 11.6 Å². The van der Waals surface area contributed by atoms with E-state index in [1.165, 1.54) is 0 Å². The first kappa shape index (κ1) is 16.3. The van der Waals surface area contributed by atoms with Crippen molar-refractivity contribution in [1.82, 2.24) is 4.90 Å². The van der Waals surface area contributed by atoms with Crippen molar-refractivity contribution in [2.75, 3.05) is 19.8 Å². The maximum absolute atomic E-state index is 12.8. The number of rotatable bonds is 5. The molecule has 1 aromatic carbocycles. The van der Waals surface area contributed by atoms with E-state index in [9.17, 15) is 9.59 Å². The standard InChI is InChI=1S/C17H20ClNO4/c18-12-3-1-2-11(8-12)14-9-15(14)17(22)19(10-16(20)21)13-4-6-23-7-5-13/h1-3,8,13-15H,4-7,9-10H2,(H,20,21)/t14-,15-/m0/s1. The summed E-state index contributed by atoms with van der Waals surface area (Å²) in [6.45, 7) is 0.926. The molecule has 3 rings (SSSR count). The topological polar surface area (TPSA) is 66.8 Å². The van der Waals surface area contributed by atoms with E-state index in [2.05, 4.69) is 0 Å². The normalized spacial score (nSPS) is 24.2. The number of carbonyl (C=O) groups is 2. The number of carboxylic acids is 1. The molecule has 1 heterocycles. The number of ether oxygens (including phenoxy) is 1. The zero-order valence-corrected chi connectivity index (χ0v) is 13.5. The number of benzene rings is 1.